The van der Waals surface area contributed by atoms with Crippen LogP contribution in [-0.2, 0) is 0 Å². The zero-order valence-electron chi connectivity index (χ0n) is 14.0. The summed E-state index contributed by atoms with van der Waals surface area (Å²) in [6, 6.07) is 8.88. The van der Waals surface area contributed by atoms with E-state index in [1.807, 2.05) is 26.8 Å². The molecule has 0 aliphatic carbocycles. The number of aromatic nitrogens is 4. The van der Waals surface area contributed by atoms with Gasteiger partial charge in [-0.1, -0.05) is 15.9 Å². The maximum absolute atomic E-state index is 9.82. The van der Waals surface area contributed by atoms with E-state index in [1.54, 1.807) is 28.9 Å². The van der Waals surface area contributed by atoms with Gasteiger partial charge in [-0.2, -0.15) is 15.2 Å². The van der Waals surface area contributed by atoms with Crippen molar-refractivity contribution in [2.75, 3.05) is 5.43 Å². The molecule has 2 heterocycles. The van der Waals surface area contributed by atoms with E-state index in [0.717, 1.165) is 21.6 Å². The van der Waals surface area contributed by atoms with Gasteiger partial charge in [-0.3, -0.25) is 5.43 Å². The molecule has 1 aromatic carbocycles. The van der Waals surface area contributed by atoms with Crippen LogP contribution in [0.4, 0.5) is 5.82 Å². The molecule has 2 aromatic heterocycles. The van der Waals surface area contributed by atoms with Crippen LogP contribution in [0, 0.1) is 20.8 Å². The molecule has 0 saturated carbocycles. The third-order valence-electron chi connectivity index (χ3n) is 3.41. The summed E-state index contributed by atoms with van der Waals surface area (Å²) in [4.78, 5) is 8.86. The lowest BCUT2D eigenvalue weighted by Gasteiger charge is -2.06. The second-order valence-electron chi connectivity index (χ2n) is 5.61. The second kappa shape index (κ2) is 7.02. The van der Waals surface area contributed by atoms with E-state index >= 15 is 0 Å². The van der Waals surface area contributed by atoms with E-state index in [-0.39, 0.29) is 5.75 Å². The molecular weight excluding hydrogens is 384 g/mol. The highest BCUT2D eigenvalue weighted by Crippen LogP contribution is 2.20. The summed E-state index contributed by atoms with van der Waals surface area (Å²) < 4.78 is 2.55. The topological polar surface area (TPSA) is 88.2 Å². The number of benzene rings is 1. The van der Waals surface area contributed by atoms with E-state index in [2.05, 4.69) is 41.5 Å². The number of rotatable bonds is 4. The van der Waals surface area contributed by atoms with Crippen molar-refractivity contribution >= 4 is 28.0 Å². The summed E-state index contributed by atoms with van der Waals surface area (Å²) in [5.41, 5.74) is 6.11. The molecule has 0 atom stereocenters. The Bertz CT molecular complexity index is 950. The Kier molecular flexibility index (Phi) is 4.80. The molecule has 0 radical (unpaired) electrons. The smallest absolute Gasteiger partial charge is 0.253 e. The average Bonchev–Trinajstić information content (AvgIpc) is 2.89. The van der Waals surface area contributed by atoms with Crippen molar-refractivity contribution in [1.82, 2.24) is 19.7 Å². The van der Waals surface area contributed by atoms with E-state index in [1.165, 1.54) is 6.21 Å². The summed E-state index contributed by atoms with van der Waals surface area (Å²) in [5, 5.41) is 18.4. The number of aryl methyl sites for hydroxylation is 3. The number of hydrogen-bond donors (Lipinski definition) is 2. The van der Waals surface area contributed by atoms with Gasteiger partial charge in [-0.15, -0.1) is 0 Å². The summed E-state index contributed by atoms with van der Waals surface area (Å²) in [6.45, 7) is 5.76. The van der Waals surface area contributed by atoms with Crippen LogP contribution >= 0.6 is 15.9 Å². The lowest BCUT2D eigenvalue weighted by molar-refractivity contribution is 0.474. The minimum absolute atomic E-state index is 0.149. The molecule has 128 valence electrons. The standard InChI is InChI=1S/C17H17BrN6O/c1-10-7-16(21-17(20-10)24-12(3)6-11(2)23-24)22-19-9-13-8-14(18)4-5-15(13)25/h4-9,25H,1-3H3,(H,20,21,22)/b19-9+. The van der Waals surface area contributed by atoms with Gasteiger partial charge in [-0.05, 0) is 45.0 Å². The van der Waals surface area contributed by atoms with E-state index in [0.29, 0.717) is 17.3 Å². The number of phenols is 1. The van der Waals surface area contributed by atoms with Crippen molar-refractivity contribution in [3.63, 3.8) is 0 Å². The van der Waals surface area contributed by atoms with E-state index in [4.69, 9.17) is 0 Å². The zero-order chi connectivity index (χ0) is 18.0. The number of hydrogen-bond acceptors (Lipinski definition) is 6. The number of aromatic hydroxyl groups is 1. The third kappa shape index (κ3) is 4.03. The van der Waals surface area contributed by atoms with Crippen LogP contribution in [0.15, 0.2) is 39.9 Å². The van der Waals surface area contributed by atoms with Crippen LogP contribution in [0.25, 0.3) is 5.95 Å². The molecule has 0 fully saturated rings. The SMILES string of the molecule is Cc1cc(N/N=C/c2cc(Br)ccc2O)nc(-n2nc(C)cc2C)n1. The van der Waals surface area contributed by atoms with Crippen molar-refractivity contribution in [2.45, 2.75) is 20.8 Å². The minimum Gasteiger partial charge on any atom is -0.507 e. The first-order valence-corrected chi connectivity index (χ1v) is 8.38. The van der Waals surface area contributed by atoms with Gasteiger partial charge < -0.3 is 5.11 Å². The molecule has 7 nitrogen and oxygen atoms in total. The predicted molar refractivity (Wildman–Crippen MR) is 100 cm³/mol. The van der Waals surface area contributed by atoms with Gasteiger partial charge >= 0.3 is 0 Å². The van der Waals surface area contributed by atoms with Crippen LogP contribution in [0.1, 0.15) is 22.6 Å². The molecule has 0 spiro atoms. The second-order valence-corrected chi connectivity index (χ2v) is 6.52. The summed E-state index contributed by atoms with van der Waals surface area (Å²) >= 11 is 3.36. The average molecular weight is 401 g/mol. The Balaban J connectivity index is 1.85. The molecular formula is C17H17BrN6O. The van der Waals surface area contributed by atoms with Gasteiger partial charge in [0.15, 0.2) is 5.82 Å². The fourth-order valence-corrected chi connectivity index (χ4v) is 2.71. The van der Waals surface area contributed by atoms with Crippen molar-refractivity contribution in [1.29, 1.82) is 0 Å². The molecule has 2 N–H and O–H groups in total. The van der Waals surface area contributed by atoms with Gasteiger partial charge in [0.25, 0.3) is 5.95 Å². The van der Waals surface area contributed by atoms with Crippen LogP contribution in [0.3, 0.4) is 0 Å². The Hall–Kier alpha value is -2.74. The molecule has 0 saturated heterocycles. The molecule has 25 heavy (non-hydrogen) atoms. The van der Waals surface area contributed by atoms with Crippen molar-refractivity contribution < 1.29 is 5.11 Å². The lowest BCUT2D eigenvalue weighted by atomic mass is 10.2. The van der Waals surface area contributed by atoms with Gasteiger partial charge in [0.1, 0.15) is 5.75 Å². The molecule has 0 amide bonds. The molecule has 0 aliphatic heterocycles. The number of nitrogens with one attached hydrogen (secondary N) is 1. The normalized spacial score (nSPS) is 11.2. The maximum Gasteiger partial charge on any atom is 0.253 e. The van der Waals surface area contributed by atoms with Gasteiger partial charge in [0.05, 0.1) is 11.9 Å². The molecule has 3 aromatic rings. The Morgan fingerprint density at radius 3 is 2.64 bits per heavy atom. The van der Waals surface area contributed by atoms with Gasteiger partial charge in [0.2, 0.25) is 0 Å². The van der Waals surface area contributed by atoms with Crippen LogP contribution in [-0.4, -0.2) is 31.1 Å². The minimum atomic E-state index is 0.149. The van der Waals surface area contributed by atoms with E-state index in [9.17, 15) is 5.11 Å². The van der Waals surface area contributed by atoms with Crippen LogP contribution < -0.4 is 5.43 Å². The van der Waals surface area contributed by atoms with Crippen LogP contribution in [0.2, 0.25) is 0 Å². The molecule has 0 bridgehead atoms. The number of anilines is 1. The Morgan fingerprint density at radius 1 is 1.12 bits per heavy atom. The Morgan fingerprint density at radius 2 is 1.92 bits per heavy atom. The van der Waals surface area contributed by atoms with Crippen molar-refractivity contribution in [2.24, 2.45) is 5.10 Å². The predicted octanol–water partition coefficient (Wildman–Crippen LogP) is 3.50. The molecule has 0 unspecified atom stereocenters. The number of hydrazone groups is 1. The first-order valence-electron chi connectivity index (χ1n) is 7.59. The Labute approximate surface area is 153 Å². The highest BCUT2D eigenvalue weighted by atomic mass is 79.9. The van der Waals surface area contributed by atoms with Gasteiger partial charge in [-0.25, -0.2) is 9.67 Å². The zero-order valence-corrected chi connectivity index (χ0v) is 15.6. The lowest BCUT2D eigenvalue weighted by Crippen LogP contribution is -2.08. The first kappa shape index (κ1) is 17.1. The molecule has 0 aliphatic rings. The first-order chi connectivity index (χ1) is 11.9. The van der Waals surface area contributed by atoms with Crippen molar-refractivity contribution in [3.8, 4) is 11.7 Å². The summed E-state index contributed by atoms with van der Waals surface area (Å²) in [6.07, 6.45) is 1.53. The molecule has 3 rings (SSSR count). The number of halogens is 1. The largest absolute Gasteiger partial charge is 0.507 e. The number of phenolic OH excluding ortho intramolecular Hbond substituents is 1. The summed E-state index contributed by atoms with van der Waals surface area (Å²) in [5.74, 6) is 1.17. The number of nitrogens with zero attached hydrogens (tertiary/aromatic N) is 5. The molecule has 8 heteroatoms. The quantitative estimate of drug-likeness (QED) is 0.516. The maximum atomic E-state index is 9.82. The van der Waals surface area contributed by atoms with E-state index < -0.39 is 0 Å². The third-order valence-corrected chi connectivity index (χ3v) is 3.91. The highest BCUT2D eigenvalue weighted by Gasteiger charge is 2.08. The monoisotopic (exact) mass is 400 g/mol. The van der Waals surface area contributed by atoms with Crippen molar-refractivity contribution in [3.05, 3.63) is 57.4 Å². The van der Waals surface area contributed by atoms with Crippen LogP contribution in [0.5, 0.6) is 5.75 Å². The fraction of sp³-hybridized carbons (Fsp3) is 0.176. The highest BCUT2D eigenvalue weighted by molar-refractivity contribution is 9.10. The van der Waals surface area contributed by atoms with Gasteiger partial charge in [0, 0.05) is 27.5 Å². The summed E-state index contributed by atoms with van der Waals surface area (Å²) in [7, 11) is 0. The fourth-order valence-electron chi connectivity index (χ4n) is 2.33.